The van der Waals surface area contributed by atoms with Crippen LogP contribution in [0, 0.1) is 11.8 Å². The molecule has 5 unspecified atom stereocenters. The third-order valence-corrected chi connectivity index (χ3v) is 5.35. The van der Waals surface area contributed by atoms with E-state index in [-0.39, 0.29) is 42.3 Å². The number of hydrogen-bond acceptors (Lipinski definition) is 6. The summed E-state index contributed by atoms with van der Waals surface area (Å²) in [6.45, 7) is 5.35. The molecule has 0 N–H and O–H groups in total. The number of esters is 1. The molecule has 0 bridgehead atoms. The Morgan fingerprint density at radius 2 is 1.69 bits per heavy atom. The van der Waals surface area contributed by atoms with Gasteiger partial charge in [-0.2, -0.15) is 0 Å². The largest absolute Gasteiger partial charge is 0.463 e. The van der Waals surface area contributed by atoms with Crippen molar-refractivity contribution in [1.29, 1.82) is 0 Å². The first-order valence-electron chi connectivity index (χ1n) is 8.65. The lowest BCUT2D eigenvalue weighted by Gasteiger charge is -2.46. The Hall–Kier alpha value is -2.25. The summed E-state index contributed by atoms with van der Waals surface area (Å²) in [6, 6.07) is 6.22. The van der Waals surface area contributed by atoms with Crippen LogP contribution < -0.4 is 0 Å². The highest BCUT2D eigenvalue weighted by Gasteiger charge is 2.51. The highest BCUT2D eigenvalue weighted by Crippen LogP contribution is 2.37. The second-order valence-electron chi connectivity index (χ2n) is 6.82. The molecule has 140 valence electrons. The highest BCUT2D eigenvalue weighted by molar-refractivity contribution is 6.21. The monoisotopic (exact) mass is 361 g/mol. The van der Waals surface area contributed by atoms with Crippen molar-refractivity contribution in [1.82, 2.24) is 4.90 Å². The average Bonchev–Trinajstić information content (AvgIpc) is 2.87. The summed E-state index contributed by atoms with van der Waals surface area (Å²) in [4.78, 5) is 38.0. The molecule has 1 aromatic rings. The van der Waals surface area contributed by atoms with Crippen LogP contribution in [0.15, 0.2) is 24.3 Å². The summed E-state index contributed by atoms with van der Waals surface area (Å²) in [5, 5.41) is 0. The molecule has 5 atom stereocenters. The van der Waals surface area contributed by atoms with Crippen molar-refractivity contribution < 1.29 is 28.6 Å². The second kappa shape index (κ2) is 7.17. The lowest BCUT2D eigenvalue weighted by molar-refractivity contribution is -0.244. The molecule has 1 aromatic carbocycles. The van der Waals surface area contributed by atoms with Gasteiger partial charge in [-0.25, -0.2) is 0 Å². The molecule has 2 aliphatic rings. The normalized spacial score (nSPS) is 31.1. The molecule has 3 rings (SSSR count). The molecule has 0 aromatic heterocycles. The summed E-state index contributed by atoms with van der Waals surface area (Å²) in [5.41, 5.74) is 0.795. The van der Waals surface area contributed by atoms with Crippen LogP contribution in [0.25, 0.3) is 0 Å². The summed E-state index contributed by atoms with van der Waals surface area (Å²) in [7, 11) is 1.47. The maximum absolute atomic E-state index is 12.8. The van der Waals surface area contributed by atoms with Crippen LogP contribution in [0.3, 0.4) is 0 Å². The van der Waals surface area contributed by atoms with E-state index in [9.17, 15) is 14.4 Å². The third-order valence-electron chi connectivity index (χ3n) is 5.35. The van der Waals surface area contributed by atoms with E-state index in [2.05, 4.69) is 0 Å². The molecule has 2 heterocycles. The van der Waals surface area contributed by atoms with Gasteiger partial charge in [0.15, 0.2) is 6.29 Å². The quantitative estimate of drug-likeness (QED) is 0.601. The summed E-state index contributed by atoms with van der Waals surface area (Å²) < 4.78 is 16.5. The second-order valence-corrected chi connectivity index (χ2v) is 6.82. The van der Waals surface area contributed by atoms with Crippen LogP contribution in [-0.4, -0.2) is 54.8 Å². The molecule has 7 heteroatoms. The first kappa shape index (κ1) is 18.5. The van der Waals surface area contributed by atoms with E-state index in [4.69, 9.17) is 14.2 Å². The fourth-order valence-electron chi connectivity index (χ4n) is 3.70. The number of ether oxygens (including phenoxy) is 3. The molecular formula is C19H23NO6. The molecule has 2 aliphatic heterocycles. The van der Waals surface area contributed by atoms with Gasteiger partial charge in [0, 0.05) is 14.0 Å². The van der Waals surface area contributed by atoms with E-state index in [1.807, 2.05) is 13.8 Å². The van der Waals surface area contributed by atoms with Crippen molar-refractivity contribution in [2.24, 2.45) is 11.8 Å². The number of nitrogens with zero attached hydrogens (tertiary/aromatic N) is 1. The van der Waals surface area contributed by atoms with Crippen LogP contribution in [0.5, 0.6) is 0 Å². The maximum Gasteiger partial charge on any atom is 0.302 e. The molecule has 1 fully saturated rings. The number of carbonyl (C=O) groups is 3. The van der Waals surface area contributed by atoms with Gasteiger partial charge in [-0.3, -0.25) is 19.3 Å². The summed E-state index contributed by atoms with van der Waals surface area (Å²) in [6.07, 6.45) is -1.16. The minimum Gasteiger partial charge on any atom is -0.463 e. The van der Waals surface area contributed by atoms with E-state index in [1.165, 1.54) is 18.9 Å². The number of amides is 2. The first-order chi connectivity index (χ1) is 12.4. The Kier molecular flexibility index (Phi) is 5.11. The third kappa shape index (κ3) is 3.01. The van der Waals surface area contributed by atoms with Gasteiger partial charge in [-0.1, -0.05) is 26.0 Å². The van der Waals surface area contributed by atoms with E-state index in [0.29, 0.717) is 11.1 Å². The van der Waals surface area contributed by atoms with Gasteiger partial charge in [0.1, 0.15) is 6.61 Å². The van der Waals surface area contributed by atoms with E-state index in [1.54, 1.807) is 24.3 Å². The van der Waals surface area contributed by atoms with Crippen molar-refractivity contribution >= 4 is 17.8 Å². The van der Waals surface area contributed by atoms with Gasteiger partial charge in [0.2, 0.25) is 0 Å². The minimum atomic E-state index is -0.788. The fourth-order valence-corrected chi connectivity index (χ4v) is 3.70. The van der Waals surface area contributed by atoms with Crippen molar-refractivity contribution in [2.75, 3.05) is 13.7 Å². The molecule has 0 aliphatic carbocycles. The number of benzene rings is 1. The average molecular weight is 361 g/mol. The number of carbonyl (C=O) groups excluding carboxylic acids is 3. The van der Waals surface area contributed by atoms with Crippen molar-refractivity contribution in [3.63, 3.8) is 0 Å². The standard InChI is InChI=1S/C19H23NO6/c1-10-11(2)16(19(24-4)26-15(10)9-25-12(3)21)20-17(22)13-7-5-6-8-14(13)18(20)23/h5-8,10-11,15-16,19H,9H2,1-4H3. The molecule has 0 spiro atoms. The molecular weight excluding hydrogens is 338 g/mol. The van der Waals surface area contributed by atoms with Crippen molar-refractivity contribution in [3.8, 4) is 0 Å². The lowest BCUT2D eigenvalue weighted by Crippen LogP contribution is -2.59. The van der Waals surface area contributed by atoms with E-state index in [0.717, 1.165) is 0 Å². The lowest BCUT2D eigenvalue weighted by atomic mass is 9.81. The highest BCUT2D eigenvalue weighted by atomic mass is 16.7. The molecule has 26 heavy (non-hydrogen) atoms. The Morgan fingerprint density at radius 1 is 1.12 bits per heavy atom. The van der Waals surface area contributed by atoms with Crippen LogP contribution in [-0.2, 0) is 19.0 Å². The number of methoxy groups -OCH3 is 1. The van der Waals surface area contributed by atoms with Crippen LogP contribution in [0.4, 0.5) is 0 Å². The molecule has 0 radical (unpaired) electrons. The summed E-state index contributed by atoms with van der Waals surface area (Å²) >= 11 is 0. The van der Waals surface area contributed by atoms with E-state index >= 15 is 0 Å². The van der Waals surface area contributed by atoms with Crippen molar-refractivity contribution in [3.05, 3.63) is 35.4 Å². The maximum atomic E-state index is 12.8. The number of imide groups is 1. The predicted octanol–water partition coefficient (Wildman–Crippen LogP) is 1.86. The van der Waals surface area contributed by atoms with Crippen LogP contribution in [0.1, 0.15) is 41.5 Å². The zero-order valence-corrected chi connectivity index (χ0v) is 15.3. The summed E-state index contributed by atoms with van der Waals surface area (Å²) in [5.74, 6) is -1.20. The topological polar surface area (TPSA) is 82.1 Å². The van der Waals surface area contributed by atoms with Crippen LogP contribution in [0.2, 0.25) is 0 Å². The van der Waals surface area contributed by atoms with Gasteiger partial charge in [-0.15, -0.1) is 0 Å². The molecule has 2 amide bonds. The SMILES string of the molecule is COC1OC(COC(C)=O)C(C)C(C)C1N1C(=O)c2ccccc2C1=O. The predicted molar refractivity (Wildman–Crippen MR) is 91.4 cm³/mol. The zero-order valence-electron chi connectivity index (χ0n) is 15.3. The Balaban J connectivity index is 1.87. The number of rotatable bonds is 4. The fraction of sp³-hybridized carbons (Fsp3) is 0.526. The Bertz CT molecular complexity index is 695. The van der Waals surface area contributed by atoms with Crippen LogP contribution >= 0.6 is 0 Å². The first-order valence-corrected chi connectivity index (χ1v) is 8.65. The Morgan fingerprint density at radius 3 is 2.19 bits per heavy atom. The van der Waals surface area contributed by atoms with Gasteiger partial charge < -0.3 is 14.2 Å². The Labute approximate surface area is 152 Å². The van der Waals surface area contributed by atoms with Crippen molar-refractivity contribution in [2.45, 2.75) is 39.2 Å². The molecule has 7 nitrogen and oxygen atoms in total. The number of fused-ring (bicyclic) bond motifs is 1. The molecule has 0 saturated carbocycles. The van der Waals surface area contributed by atoms with Gasteiger partial charge >= 0.3 is 5.97 Å². The minimum absolute atomic E-state index is 0.0462. The molecule has 1 saturated heterocycles. The van der Waals surface area contributed by atoms with Gasteiger partial charge in [-0.05, 0) is 24.0 Å². The smallest absolute Gasteiger partial charge is 0.302 e. The van der Waals surface area contributed by atoms with Gasteiger partial charge in [0.25, 0.3) is 11.8 Å². The van der Waals surface area contributed by atoms with E-state index < -0.39 is 12.3 Å². The number of hydrogen-bond donors (Lipinski definition) is 0. The van der Waals surface area contributed by atoms with Gasteiger partial charge in [0.05, 0.1) is 23.3 Å². The zero-order chi connectivity index (χ0) is 19.0.